The van der Waals surface area contributed by atoms with E-state index in [1.165, 1.54) is 4.31 Å². The zero-order valence-corrected chi connectivity index (χ0v) is 15.1. The Labute approximate surface area is 158 Å². The normalized spacial score (nSPS) is 13.4. The fourth-order valence-electron chi connectivity index (χ4n) is 2.53. The molecule has 0 spiro atoms. The van der Waals surface area contributed by atoms with Crippen LogP contribution in [-0.2, 0) is 0 Å². The van der Waals surface area contributed by atoms with Gasteiger partial charge >= 0.3 is 6.09 Å². The summed E-state index contributed by atoms with van der Waals surface area (Å²) in [7, 11) is 0. The Morgan fingerprint density at radius 2 is 2.11 bits per heavy atom. The summed E-state index contributed by atoms with van der Waals surface area (Å²) >= 11 is 1.11. The minimum Gasteiger partial charge on any atom is -0.490 e. The van der Waals surface area contributed by atoms with Gasteiger partial charge in [0.2, 0.25) is 11.7 Å². The Morgan fingerprint density at radius 1 is 1.26 bits per heavy atom. The molecule has 0 saturated carbocycles. The Kier molecular flexibility index (Phi) is 4.59. The van der Waals surface area contributed by atoms with Crippen molar-refractivity contribution in [3.8, 4) is 28.6 Å². The molecule has 0 unspecified atom stereocenters. The standard InChI is InChI=1S/C18H15N3O5S/c1-11-19-17(20-26-11)12-3-2-4-13(9-12)25-14-5-6-15-16(10-14)27-21(18(22)23)7-8-24-15/h2-6,9-10H,7-8H2,1H3,(H,22,23). The maximum absolute atomic E-state index is 11.3. The molecule has 0 radical (unpaired) electrons. The van der Waals surface area contributed by atoms with Gasteiger partial charge in [-0.05, 0) is 42.3 Å². The van der Waals surface area contributed by atoms with Crippen molar-refractivity contribution in [3.63, 3.8) is 0 Å². The highest BCUT2D eigenvalue weighted by atomic mass is 32.2. The largest absolute Gasteiger partial charge is 0.490 e. The molecule has 0 atom stereocenters. The first-order valence-corrected chi connectivity index (χ1v) is 8.90. The van der Waals surface area contributed by atoms with Crippen molar-refractivity contribution < 1.29 is 23.9 Å². The number of aryl methyl sites for hydroxylation is 1. The van der Waals surface area contributed by atoms with Gasteiger partial charge < -0.3 is 19.1 Å². The summed E-state index contributed by atoms with van der Waals surface area (Å²) in [5, 5.41) is 13.1. The van der Waals surface area contributed by atoms with Crippen molar-refractivity contribution >= 4 is 18.0 Å². The predicted octanol–water partition coefficient (Wildman–Crippen LogP) is 4.22. The first kappa shape index (κ1) is 17.2. The van der Waals surface area contributed by atoms with E-state index in [9.17, 15) is 9.90 Å². The maximum Gasteiger partial charge on any atom is 0.417 e. The number of carboxylic acid groups (broad SMARTS) is 1. The number of aromatic nitrogens is 2. The van der Waals surface area contributed by atoms with E-state index in [0.29, 0.717) is 40.5 Å². The monoisotopic (exact) mass is 385 g/mol. The number of benzene rings is 2. The number of nitrogens with zero attached hydrogens (tertiary/aromatic N) is 3. The average Bonchev–Trinajstić information content (AvgIpc) is 2.97. The van der Waals surface area contributed by atoms with Crippen molar-refractivity contribution in [2.24, 2.45) is 0 Å². The fourth-order valence-corrected chi connectivity index (χ4v) is 3.40. The highest BCUT2D eigenvalue weighted by Gasteiger charge is 2.21. The molecule has 2 aromatic carbocycles. The van der Waals surface area contributed by atoms with Gasteiger partial charge in [0.25, 0.3) is 0 Å². The van der Waals surface area contributed by atoms with Crippen molar-refractivity contribution in [1.29, 1.82) is 0 Å². The second kappa shape index (κ2) is 7.20. The Balaban J connectivity index is 1.58. The summed E-state index contributed by atoms with van der Waals surface area (Å²) in [4.78, 5) is 16.2. The van der Waals surface area contributed by atoms with Crippen LogP contribution in [0.3, 0.4) is 0 Å². The minimum absolute atomic E-state index is 0.289. The van der Waals surface area contributed by atoms with Gasteiger partial charge in [-0.2, -0.15) is 4.98 Å². The van der Waals surface area contributed by atoms with Crippen molar-refractivity contribution in [3.05, 3.63) is 48.4 Å². The van der Waals surface area contributed by atoms with Gasteiger partial charge in [-0.3, -0.25) is 0 Å². The summed E-state index contributed by atoms with van der Waals surface area (Å²) in [6.45, 7) is 2.32. The lowest BCUT2D eigenvalue weighted by Gasteiger charge is -2.14. The highest BCUT2D eigenvalue weighted by Crippen LogP contribution is 2.38. The van der Waals surface area contributed by atoms with Gasteiger partial charge in [0.05, 0.1) is 11.4 Å². The molecule has 1 N–H and O–H groups in total. The second-order valence-electron chi connectivity index (χ2n) is 5.70. The van der Waals surface area contributed by atoms with Crippen LogP contribution >= 0.6 is 11.9 Å². The van der Waals surface area contributed by atoms with Crippen LogP contribution in [0.15, 0.2) is 51.9 Å². The van der Waals surface area contributed by atoms with Gasteiger partial charge in [0, 0.05) is 12.5 Å². The number of amides is 1. The van der Waals surface area contributed by atoms with Crippen LogP contribution in [0.5, 0.6) is 17.2 Å². The lowest BCUT2D eigenvalue weighted by atomic mass is 10.2. The van der Waals surface area contributed by atoms with Crippen LogP contribution < -0.4 is 9.47 Å². The number of hydrogen-bond donors (Lipinski definition) is 1. The van der Waals surface area contributed by atoms with E-state index in [1.54, 1.807) is 25.1 Å². The number of fused-ring (bicyclic) bond motifs is 1. The summed E-state index contributed by atoms with van der Waals surface area (Å²) in [5.41, 5.74) is 0.772. The van der Waals surface area contributed by atoms with Crippen LogP contribution in [0.25, 0.3) is 11.4 Å². The molecule has 0 aliphatic carbocycles. The number of ether oxygens (including phenoxy) is 2. The summed E-state index contributed by atoms with van der Waals surface area (Å²) in [5.74, 6) is 2.78. The third-order valence-electron chi connectivity index (χ3n) is 3.74. The zero-order chi connectivity index (χ0) is 18.8. The van der Waals surface area contributed by atoms with Crippen LogP contribution in [0.4, 0.5) is 4.79 Å². The smallest absolute Gasteiger partial charge is 0.417 e. The SMILES string of the molecule is Cc1nc(-c2cccc(Oc3ccc4c(c3)SN(C(=O)O)CCO4)c2)no1. The molecule has 0 fully saturated rings. The topological polar surface area (TPSA) is 97.9 Å². The number of carbonyl (C=O) groups is 1. The van der Waals surface area contributed by atoms with Crippen LogP contribution in [0, 0.1) is 6.92 Å². The van der Waals surface area contributed by atoms with Gasteiger partial charge in [0.15, 0.2) is 0 Å². The second-order valence-corrected chi connectivity index (χ2v) is 6.76. The maximum atomic E-state index is 11.3. The lowest BCUT2D eigenvalue weighted by Crippen LogP contribution is -2.25. The van der Waals surface area contributed by atoms with E-state index in [1.807, 2.05) is 24.3 Å². The van der Waals surface area contributed by atoms with E-state index < -0.39 is 6.09 Å². The molecule has 4 rings (SSSR count). The van der Waals surface area contributed by atoms with E-state index >= 15 is 0 Å². The summed E-state index contributed by atoms with van der Waals surface area (Å²) in [6, 6.07) is 12.6. The van der Waals surface area contributed by atoms with Crippen LogP contribution in [-0.4, -0.2) is 38.8 Å². The van der Waals surface area contributed by atoms with Gasteiger partial charge in [-0.1, -0.05) is 17.3 Å². The van der Waals surface area contributed by atoms with Crippen LogP contribution in [0.1, 0.15) is 5.89 Å². The average molecular weight is 385 g/mol. The first-order chi connectivity index (χ1) is 13.1. The molecule has 1 aromatic heterocycles. The third-order valence-corrected chi connectivity index (χ3v) is 4.82. The Morgan fingerprint density at radius 3 is 2.89 bits per heavy atom. The molecule has 3 aromatic rings. The molecular formula is C18H15N3O5S. The Bertz CT molecular complexity index is 991. The lowest BCUT2D eigenvalue weighted by molar-refractivity contribution is 0.170. The number of hydrogen-bond acceptors (Lipinski definition) is 7. The molecule has 138 valence electrons. The van der Waals surface area contributed by atoms with Crippen molar-refractivity contribution in [1.82, 2.24) is 14.4 Å². The molecule has 1 aliphatic rings. The fraction of sp³-hybridized carbons (Fsp3) is 0.167. The third kappa shape index (κ3) is 3.82. The molecule has 1 amide bonds. The molecule has 0 bridgehead atoms. The van der Waals surface area contributed by atoms with E-state index in [0.717, 1.165) is 17.5 Å². The number of rotatable bonds is 3. The Hall–Kier alpha value is -3.20. The predicted molar refractivity (Wildman–Crippen MR) is 97.1 cm³/mol. The van der Waals surface area contributed by atoms with Crippen molar-refractivity contribution in [2.45, 2.75) is 11.8 Å². The van der Waals surface area contributed by atoms with E-state index in [4.69, 9.17) is 14.0 Å². The van der Waals surface area contributed by atoms with Gasteiger partial charge in [0.1, 0.15) is 23.9 Å². The highest BCUT2D eigenvalue weighted by molar-refractivity contribution is 7.97. The van der Waals surface area contributed by atoms with Gasteiger partial charge in [-0.15, -0.1) is 0 Å². The molecule has 8 nitrogen and oxygen atoms in total. The molecule has 9 heteroatoms. The molecule has 1 aliphatic heterocycles. The van der Waals surface area contributed by atoms with E-state index in [2.05, 4.69) is 10.1 Å². The minimum atomic E-state index is -1.01. The quantitative estimate of drug-likeness (QED) is 0.669. The van der Waals surface area contributed by atoms with Crippen LogP contribution in [0.2, 0.25) is 0 Å². The molecule has 27 heavy (non-hydrogen) atoms. The summed E-state index contributed by atoms with van der Waals surface area (Å²) in [6.07, 6.45) is -1.01. The van der Waals surface area contributed by atoms with E-state index in [-0.39, 0.29) is 6.54 Å². The molecule has 2 heterocycles. The first-order valence-electron chi connectivity index (χ1n) is 8.12. The zero-order valence-electron chi connectivity index (χ0n) is 14.3. The summed E-state index contributed by atoms with van der Waals surface area (Å²) < 4.78 is 17.8. The molecule has 0 saturated heterocycles. The molecular weight excluding hydrogens is 370 g/mol. The van der Waals surface area contributed by atoms with Gasteiger partial charge in [-0.25, -0.2) is 9.10 Å². The van der Waals surface area contributed by atoms with Crippen molar-refractivity contribution in [2.75, 3.05) is 13.2 Å².